The van der Waals surface area contributed by atoms with Crippen LogP contribution < -0.4 is 15.4 Å². The summed E-state index contributed by atoms with van der Waals surface area (Å²) in [6.07, 6.45) is 6.86. The lowest BCUT2D eigenvalue weighted by Crippen LogP contribution is -2.45. The summed E-state index contributed by atoms with van der Waals surface area (Å²) in [6, 6.07) is 17.4. The second kappa shape index (κ2) is 12.7. The number of rotatable bonds is 10. The Hall–Kier alpha value is -4.96. The molecule has 0 bridgehead atoms. The van der Waals surface area contributed by atoms with Crippen LogP contribution in [0.3, 0.4) is 0 Å². The minimum absolute atomic E-state index is 0.151. The fraction of sp³-hybridized carbons (Fsp3) is 0.194. The van der Waals surface area contributed by atoms with Gasteiger partial charge < -0.3 is 19.9 Å². The smallest absolute Gasteiger partial charge is 0.270 e. The van der Waals surface area contributed by atoms with Gasteiger partial charge in [0, 0.05) is 49.7 Å². The van der Waals surface area contributed by atoms with Gasteiger partial charge in [0.15, 0.2) is 0 Å². The number of nitrogens with zero attached hydrogens (tertiary/aromatic N) is 5. The number of pyridine rings is 1. The van der Waals surface area contributed by atoms with Gasteiger partial charge in [0.1, 0.15) is 11.7 Å². The van der Waals surface area contributed by atoms with Gasteiger partial charge in [-0.2, -0.15) is 5.10 Å². The molecule has 11 heteroatoms. The van der Waals surface area contributed by atoms with Crippen LogP contribution in [0, 0.1) is 0 Å². The summed E-state index contributed by atoms with van der Waals surface area (Å²) in [7, 11) is 3.58. The number of imidazole rings is 1. The van der Waals surface area contributed by atoms with E-state index in [1.807, 2.05) is 67.1 Å². The third-order valence-electron chi connectivity index (χ3n) is 6.77. The van der Waals surface area contributed by atoms with Crippen LogP contribution in [0.4, 0.5) is 5.69 Å². The Bertz CT molecular complexity index is 1710. The average molecular weight is 584 g/mol. The molecule has 5 aromatic rings. The maximum atomic E-state index is 13.6. The van der Waals surface area contributed by atoms with Crippen molar-refractivity contribution < 1.29 is 14.3 Å². The number of benzene rings is 2. The molecule has 0 saturated carbocycles. The second-order valence-corrected chi connectivity index (χ2v) is 10.1. The molecule has 2 amide bonds. The van der Waals surface area contributed by atoms with E-state index in [2.05, 4.69) is 25.7 Å². The highest BCUT2D eigenvalue weighted by Crippen LogP contribution is 2.28. The summed E-state index contributed by atoms with van der Waals surface area (Å²) in [4.78, 5) is 35.2. The molecule has 1 unspecified atom stereocenters. The summed E-state index contributed by atoms with van der Waals surface area (Å²) in [5, 5.41) is 10.4. The summed E-state index contributed by atoms with van der Waals surface area (Å²) in [5.41, 5.74) is 5.29. The number of anilines is 1. The minimum atomic E-state index is -0.937. The maximum absolute atomic E-state index is 13.6. The van der Waals surface area contributed by atoms with Crippen LogP contribution in [-0.2, 0) is 25.3 Å². The molecule has 3 aromatic heterocycles. The monoisotopic (exact) mass is 583 g/mol. The minimum Gasteiger partial charge on any atom is -0.478 e. The van der Waals surface area contributed by atoms with E-state index in [4.69, 9.17) is 16.3 Å². The van der Waals surface area contributed by atoms with Crippen LogP contribution >= 0.6 is 11.6 Å². The first kappa shape index (κ1) is 28.6. The SMILES string of the molecule is CCOc1cc(-c2ccc(Cl)c(CC(NC(=O)c3ccnn3C)C(=O)Nc3ccc(-c4cncn4C)cc3)c2)ccn1. The van der Waals surface area contributed by atoms with Gasteiger partial charge in [-0.05, 0) is 65.6 Å². The molecule has 0 saturated heterocycles. The van der Waals surface area contributed by atoms with E-state index in [1.165, 1.54) is 10.9 Å². The van der Waals surface area contributed by atoms with Gasteiger partial charge in [-0.1, -0.05) is 29.8 Å². The Morgan fingerprint density at radius 1 is 0.976 bits per heavy atom. The third kappa shape index (κ3) is 6.50. The van der Waals surface area contributed by atoms with Crippen molar-refractivity contribution >= 4 is 29.1 Å². The summed E-state index contributed by atoms with van der Waals surface area (Å²) < 4.78 is 8.92. The molecular weight excluding hydrogens is 554 g/mol. The Balaban J connectivity index is 1.41. The Kier molecular flexibility index (Phi) is 8.63. The molecule has 3 heterocycles. The van der Waals surface area contributed by atoms with Crippen molar-refractivity contribution in [2.24, 2.45) is 14.1 Å². The lowest BCUT2D eigenvalue weighted by molar-refractivity contribution is -0.118. The first-order chi connectivity index (χ1) is 20.3. The fourth-order valence-electron chi connectivity index (χ4n) is 4.57. The van der Waals surface area contributed by atoms with Crippen molar-refractivity contribution in [2.45, 2.75) is 19.4 Å². The zero-order valence-electron chi connectivity index (χ0n) is 23.4. The quantitative estimate of drug-likeness (QED) is 0.241. The predicted molar refractivity (Wildman–Crippen MR) is 161 cm³/mol. The molecule has 2 aromatic carbocycles. The average Bonchev–Trinajstić information content (AvgIpc) is 3.62. The lowest BCUT2D eigenvalue weighted by Gasteiger charge is -2.20. The van der Waals surface area contributed by atoms with E-state index in [1.54, 1.807) is 37.9 Å². The number of ether oxygens (including phenoxy) is 1. The number of halogens is 1. The van der Waals surface area contributed by atoms with E-state index in [0.29, 0.717) is 34.5 Å². The second-order valence-electron chi connectivity index (χ2n) is 9.65. The summed E-state index contributed by atoms with van der Waals surface area (Å²) in [5.74, 6) is -0.297. The third-order valence-corrected chi connectivity index (χ3v) is 7.14. The van der Waals surface area contributed by atoms with Crippen molar-refractivity contribution in [3.63, 3.8) is 0 Å². The van der Waals surface area contributed by atoms with Gasteiger partial charge in [0.2, 0.25) is 11.8 Å². The van der Waals surface area contributed by atoms with Gasteiger partial charge in [-0.15, -0.1) is 0 Å². The number of hydrogen-bond acceptors (Lipinski definition) is 6. The maximum Gasteiger partial charge on any atom is 0.270 e. The number of aryl methyl sites for hydroxylation is 2. The first-order valence-corrected chi connectivity index (χ1v) is 13.7. The number of carbonyl (C=O) groups excluding carboxylic acids is 2. The van der Waals surface area contributed by atoms with Crippen LogP contribution in [0.15, 0.2) is 85.6 Å². The van der Waals surface area contributed by atoms with Crippen LogP contribution in [-0.4, -0.2) is 48.8 Å². The molecule has 0 aliphatic rings. The Morgan fingerprint density at radius 3 is 2.43 bits per heavy atom. The normalized spacial score (nSPS) is 11.6. The first-order valence-electron chi connectivity index (χ1n) is 13.4. The van der Waals surface area contributed by atoms with Gasteiger partial charge in [0.25, 0.3) is 5.91 Å². The van der Waals surface area contributed by atoms with Crippen LogP contribution in [0.5, 0.6) is 5.88 Å². The van der Waals surface area contributed by atoms with Crippen molar-refractivity contribution in [1.82, 2.24) is 29.6 Å². The summed E-state index contributed by atoms with van der Waals surface area (Å²) in [6.45, 7) is 2.40. The van der Waals surface area contributed by atoms with E-state index in [9.17, 15) is 9.59 Å². The highest BCUT2D eigenvalue weighted by molar-refractivity contribution is 6.31. The summed E-state index contributed by atoms with van der Waals surface area (Å²) >= 11 is 6.61. The van der Waals surface area contributed by atoms with Gasteiger partial charge in [0.05, 0.1) is 24.8 Å². The van der Waals surface area contributed by atoms with Crippen molar-refractivity contribution in [1.29, 1.82) is 0 Å². The van der Waals surface area contributed by atoms with Gasteiger partial charge in [-0.25, -0.2) is 9.97 Å². The molecule has 214 valence electrons. The van der Waals surface area contributed by atoms with Crippen molar-refractivity contribution in [3.8, 4) is 28.3 Å². The Morgan fingerprint density at radius 2 is 1.74 bits per heavy atom. The predicted octanol–water partition coefficient (Wildman–Crippen LogP) is 4.91. The van der Waals surface area contributed by atoms with Gasteiger partial charge >= 0.3 is 0 Å². The van der Waals surface area contributed by atoms with Crippen molar-refractivity contribution in [3.05, 3.63) is 102 Å². The lowest BCUT2D eigenvalue weighted by atomic mass is 9.99. The van der Waals surface area contributed by atoms with Crippen LogP contribution in [0.25, 0.3) is 22.4 Å². The molecule has 0 aliphatic carbocycles. The molecule has 0 fully saturated rings. The van der Waals surface area contributed by atoms with E-state index in [-0.39, 0.29) is 12.3 Å². The highest BCUT2D eigenvalue weighted by Gasteiger charge is 2.25. The molecule has 2 N–H and O–H groups in total. The van der Waals surface area contributed by atoms with E-state index in [0.717, 1.165) is 22.4 Å². The molecule has 10 nitrogen and oxygen atoms in total. The van der Waals surface area contributed by atoms with E-state index < -0.39 is 11.9 Å². The zero-order chi connectivity index (χ0) is 29.6. The standard InChI is InChI=1S/C31H30ClN7O3/c1-4-42-29-17-22(11-13-34-29)21-7-10-25(32)23(15-21)16-26(37-31(41)27-12-14-35-39(27)3)30(40)36-24-8-5-20(6-9-24)28-18-33-19-38(28)2/h5-15,17-19,26H,4,16H2,1-3H3,(H,36,40)(H,37,41). The van der Waals surface area contributed by atoms with E-state index >= 15 is 0 Å². The topological polar surface area (TPSA) is 116 Å². The molecular formula is C31H30ClN7O3. The van der Waals surface area contributed by atoms with Crippen molar-refractivity contribution in [2.75, 3.05) is 11.9 Å². The van der Waals surface area contributed by atoms with Crippen LogP contribution in [0.1, 0.15) is 23.0 Å². The fourth-order valence-corrected chi connectivity index (χ4v) is 4.77. The van der Waals surface area contributed by atoms with Gasteiger partial charge in [-0.3, -0.25) is 14.3 Å². The number of nitrogens with one attached hydrogen (secondary N) is 2. The molecule has 0 radical (unpaired) electrons. The zero-order valence-corrected chi connectivity index (χ0v) is 24.2. The molecule has 0 aliphatic heterocycles. The number of carbonyl (C=O) groups is 2. The highest BCUT2D eigenvalue weighted by atomic mass is 35.5. The number of amides is 2. The number of hydrogen-bond donors (Lipinski definition) is 2. The molecule has 5 rings (SSSR count). The molecule has 1 atom stereocenters. The van der Waals surface area contributed by atoms with Crippen LogP contribution in [0.2, 0.25) is 5.02 Å². The molecule has 0 spiro atoms. The molecule has 42 heavy (non-hydrogen) atoms. The number of aromatic nitrogens is 5. The Labute approximate surface area is 248 Å². The largest absolute Gasteiger partial charge is 0.478 e.